The van der Waals surface area contributed by atoms with Crippen LogP contribution in [-0.2, 0) is 0 Å². The topological polar surface area (TPSA) is 97.0 Å². The molecule has 5 rings (SSSR count). The number of nitrogens with one attached hydrogen (secondary N) is 1. The molecule has 1 unspecified atom stereocenters. The minimum Gasteiger partial charge on any atom is -0.490 e. The lowest BCUT2D eigenvalue weighted by molar-refractivity contribution is 0.210. The molecular formula is C26H26N4O2. The molecule has 3 N–H and O–H groups in total. The third kappa shape index (κ3) is 3.50. The van der Waals surface area contributed by atoms with Crippen molar-refractivity contribution in [3.8, 4) is 29.0 Å². The maximum Gasteiger partial charge on any atom is 0.244 e. The van der Waals surface area contributed by atoms with E-state index in [1.165, 1.54) is 24.0 Å². The lowest BCUT2D eigenvalue weighted by atomic mass is 9.82. The molecule has 6 nitrogen and oxygen atoms in total. The minimum absolute atomic E-state index is 0.0882. The molecule has 2 aromatic carbocycles. The Bertz CT molecular complexity index is 1240. The van der Waals surface area contributed by atoms with E-state index >= 15 is 0 Å². The number of allylic oxidation sites excluding steroid dienone is 1. The van der Waals surface area contributed by atoms with E-state index in [2.05, 4.69) is 48.3 Å². The maximum atomic E-state index is 9.97. The number of rotatable bonds is 4. The molecule has 2 heterocycles. The van der Waals surface area contributed by atoms with Crippen molar-refractivity contribution in [2.75, 3.05) is 0 Å². The minimum atomic E-state index is -0.397. The monoisotopic (exact) mass is 426 g/mol. The van der Waals surface area contributed by atoms with Crippen molar-refractivity contribution >= 4 is 0 Å². The molecule has 3 aromatic rings. The number of aromatic amines is 1. The summed E-state index contributed by atoms with van der Waals surface area (Å²) in [6.07, 6.45) is 4.84. The first-order valence-electron chi connectivity index (χ1n) is 11.0. The Hall–Kier alpha value is -3.72. The molecule has 2 aliphatic rings. The van der Waals surface area contributed by atoms with Crippen LogP contribution in [0.1, 0.15) is 53.9 Å². The van der Waals surface area contributed by atoms with Gasteiger partial charge in [0.25, 0.3) is 0 Å². The lowest BCUT2D eigenvalue weighted by Crippen LogP contribution is -2.21. The molecule has 1 aliphatic heterocycles. The van der Waals surface area contributed by atoms with Crippen molar-refractivity contribution in [3.05, 3.63) is 76.2 Å². The van der Waals surface area contributed by atoms with Gasteiger partial charge in [-0.25, -0.2) is 0 Å². The van der Waals surface area contributed by atoms with Gasteiger partial charge in [0.2, 0.25) is 11.8 Å². The standard InChI is InChI=1S/C26H26N4O2/c1-15-10-11-18(12-16(15)2)24-23-22(21(14-27)25(28)32-26(23)30-29-24)17-6-5-9-20(13-17)31-19-7-3-4-8-19/h5-6,9-13,19,22H,3-4,7-8,28H2,1-2H3,(H,29,30). The summed E-state index contributed by atoms with van der Waals surface area (Å²) in [6.45, 7) is 4.17. The average Bonchev–Trinajstić information content (AvgIpc) is 3.44. The number of fused-ring (bicyclic) bond motifs is 1. The van der Waals surface area contributed by atoms with Crippen LogP contribution in [0.25, 0.3) is 11.3 Å². The summed E-state index contributed by atoms with van der Waals surface area (Å²) >= 11 is 0. The van der Waals surface area contributed by atoms with Crippen LogP contribution in [-0.4, -0.2) is 16.3 Å². The SMILES string of the molecule is Cc1ccc(-c2[nH]nc3c2C(c2cccc(OC4CCCC4)c2)C(C#N)=C(N)O3)cc1C. The largest absolute Gasteiger partial charge is 0.490 e. The Morgan fingerprint density at radius 3 is 2.69 bits per heavy atom. The second-order valence-corrected chi connectivity index (χ2v) is 8.64. The molecule has 32 heavy (non-hydrogen) atoms. The van der Waals surface area contributed by atoms with Gasteiger partial charge in [-0.1, -0.05) is 24.3 Å². The van der Waals surface area contributed by atoms with Gasteiger partial charge in [0.15, 0.2) is 0 Å². The fraction of sp³-hybridized carbons (Fsp3) is 0.308. The van der Waals surface area contributed by atoms with Crippen molar-refractivity contribution in [2.45, 2.75) is 51.6 Å². The first-order valence-corrected chi connectivity index (χ1v) is 11.0. The van der Waals surface area contributed by atoms with E-state index in [-0.39, 0.29) is 12.0 Å². The van der Waals surface area contributed by atoms with Crippen molar-refractivity contribution in [3.63, 3.8) is 0 Å². The number of hydrogen-bond acceptors (Lipinski definition) is 5. The first kappa shape index (κ1) is 20.2. The van der Waals surface area contributed by atoms with E-state index in [4.69, 9.17) is 15.2 Å². The summed E-state index contributed by atoms with van der Waals surface area (Å²) in [7, 11) is 0. The summed E-state index contributed by atoms with van der Waals surface area (Å²) in [6, 6.07) is 16.5. The molecule has 1 saturated carbocycles. The van der Waals surface area contributed by atoms with Crippen LogP contribution < -0.4 is 15.2 Å². The molecule has 1 atom stereocenters. The summed E-state index contributed by atoms with van der Waals surface area (Å²) < 4.78 is 12.0. The summed E-state index contributed by atoms with van der Waals surface area (Å²) in [4.78, 5) is 0. The van der Waals surface area contributed by atoms with Gasteiger partial charge in [-0.05, 0) is 74.4 Å². The fourth-order valence-corrected chi connectivity index (χ4v) is 4.66. The summed E-state index contributed by atoms with van der Waals surface area (Å²) in [5, 5.41) is 17.5. The van der Waals surface area contributed by atoms with E-state index in [0.29, 0.717) is 11.5 Å². The zero-order valence-corrected chi connectivity index (χ0v) is 18.3. The van der Waals surface area contributed by atoms with Gasteiger partial charge in [-0.3, -0.25) is 5.10 Å². The predicted molar refractivity (Wildman–Crippen MR) is 122 cm³/mol. The van der Waals surface area contributed by atoms with Crippen LogP contribution in [0.2, 0.25) is 0 Å². The first-order chi connectivity index (χ1) is 15.5. The molecular weight excluding hydrogens is 400 g/mol. The highest BCUT2D eigenvalue weighted by Crippen LogP contribution is 2.46. The van der Waals surface area contributed by atoms with Gasteiger partial charge >= 0.3 is 0 Å². The van der Waals surface area contributed by atoms with Crippen molar-refractivity contribution in [2.24, 2.45) is 5.73 Å². The molecule has 1 fully saturated rings. The normalized spacial score (nSPS) is 18.2. The number of ether oxygens (including phenoxy) is 2. The van der Waals surface area contributed by atoms with E-state index in [1.807, 2.05) is 24.3 Å². The molecule has 0 radical (unpaired) electrons. The number of nitrogens with two attached hydrogens (primary N) is 1. The Morgan fingerprint density at radius 1 is 1.12 bits per heavy atom. The Balaban J connectivity index is 1.62. The van der Waals surface area contributed by atoms with Crippen LogP contribution in [0.4, 0.5) is 0 Å². The highest BCUT2D eigenvalue weighted by Gasteiger charge is 2.36. The molecule has 6 heteroatoms. The van der Waals surface area contributed by atoms with Crippen LogP contribution >= 0.6 is 0 Å². The predicted octanol–water partition coefficient (Wildman–Crippen LogP) is 5.23. The van der Waals surface area contributed by atoms with Crippen LogP contribution in [0.15, 0.2) is 53.9 Å². The zero-order chi connectivity index (χ0) is 22.2. The van der Waals surface area contributed by atoms with Gasteiger partial charge in [-0.15, -0.1) is 5.10 Å². The maximum absolute atomic E-state index is 9.97. The van der Waals surface area contributed by atoms with Crippen molar-refractivity contribution < 1.29 is 9.47 Å². The van der Waals surface area contributed by atoms with Gasteiger partial charge in [0, 0.05) is 5.56 Å². The third-order valence-corrected chi connectivity index (χ3v) is 6.53. The summed E-state index contributed by atoms with van der Waals surface area (Å²) in [5.41, 5.74) is 12.5. The quantitative estimate of drug-likeness (QED) is 0.595. The average molecular weight is 427 g/mol. The number of aromatic nitrogens is 2. The molecule has 162 valence electrons. The van der Waals surface area contributed by atoms with Crippen molar-refractivity contribution in [1.29, 1.82) is 5.26 Å². The van der Waals surface area contributed by atoms with Gasteiger partial charge in [0.05, 0.1) is 23.3 Å². The Morgan fingerprint density at radius 2 is 1.94 bits per heavy atom. The highest BCUT2D eigenvalue weighted by atomic mass is 16.5. The van der Waals surface area contributed by atoms with Gasteiger partial charge in [0.1, 0.15) is 17.4 Å². The number of H-pyrrole nitrogens is 1. The van der Waals surface area contributed by atoms with Crippen LogP contribution in [0.3, 0.4) is 0 Å². The van der Waals surface area contributed by atoms with Crippen LogP contribution in [0, 0.1) is 25.2 Å². The Labute approximate surface area is 187 Å². The Kier molecular flexibility index (Phi) is 5.10. The number of benzene rings is 2. The zero-order valence-electron chi connectivity index (χ0n) is 18.3. The van der Waals surface area contributed by atoms with E-state index < -0.39 is 5.92 Å². The smallest absolute Gasteiger partial charge is 0.244 e. The van der Waals surface area contributed by atoms with Crippen molar-refractivity contribution in [1.82, 2.24) is 10.2 Å². The number of hydrogen-bond donors (Lipinski definition) is 2. The molecule has 0 saturated heterocycles. The van der Waals surface area contributed by atoms with Gasteiger partial charge in [-0.2, -0.15) is 5.26 Å². The third-order valence-electron chi connectivity index (χ3n) is 6.53. The molecule has 0 spiro atoms. The van der Waals surface area contributed by atoms with E-state index in [9.17, 15) is 5.26 Å². The second-order valence-electron chi connectivity index (χ2n) is 8.64. The molecule has 1 aliphatic carbocycles. The fourth-order valence-electron chi connectivity index (χ4n) is 4.66. The number of nitriles is 1. The highest BCUT2D eigenvalue weighted by molar-refractivity contribution is 5.71. The summed E-state index contributed by atoms with van der Waals surface area (Å²) in [5.74, 6) is 0.910. The number of aryl methyl sites for hydroxylation is 2. The van der Waals surface area contributed by atoms with Crippen LogP contribution in [0.5, 0.6) is 11.6 Å². The second kappa shape index (κ2) is 8.08. The molecule has 1 aromatic heterocycles. The number of nitrogens with zero attached hydrogens (tertiary/aromatic N) is 2. The van der Waals surface area contributed by atoms with E-state index in [1.54, 1.807) is 0 Å². The molecule has 0 amide bonds. The van der Waals surface area contributed by atoms with Gasteiger partial charge < -0.3 is 15.2 Å². The van der Waals surface area contributed by atoms with E-state index in [0.717, 1.165) is 41.0 Å². The lowest BCUT2D eigenvalue weighted by Gasteiger charge is -2.25. The molecule has 0 bridgehead atoms.